The quantitative estimate of drug-likeness (QED) is 0.687. The lowest BCUT2D eigenvalue weighted by molar-refractivity contribution is 0.574. The molecule has 0 saturated carbocycles. The van der Waals surface area contributed by atoms with Crippen molar-refractivity contribution in [3.8, 4) is 0 Å². The number of benzene rings is 1. The Bertz CT molecular complexity index is 704. The van der Waals surface area contributed by atoms with Crippen molar-refractivity contribution in [1.82, 2.24) is 9.97 Å². The van der Waals surface area contributed by atoms with Gasteiger partial charge in [-0.05, 0) is 11.6 Å². The van der Waals surface area contributed by atoms with Crippen LogP contribution in [-0.4, -0.2) is 9.97 Å². The maximum absolute atomic E-state index is 12.9. The van der Waals surface area contributed by atoms with E-state index in [0.717, 1.165) is 11.8 Å². The number of halogens is 1. The Labute approximate surface area is 103 Å². The molecule has 0 aliphatic heterocycles. The summed E-state index contributed by atoms with van der Waals surface area (Å²) >= 11 is 0. The average molecular weight is 240 g/mol. The minimum atomic E-state index is -0.422. The Hall–Kier alpha value is -2.49. The number of aromatic nitrogens is 2. The van der Waals surface area contributed by atoms with E-state index in [1.807, 2.05) is 36.4 Å². The lowest BCUT2D eigenvalue weighted by atomic mass is 10.2. The van der Waals surface area contributed by atoms with Crippen LogP contribution < -0.4 is 0 Å². The van der Waals surface area contributed by atoms with Crippen molar-refractivity contribution in [2.45, 2.75) is 0 Å². The largest absolute Gasteiger partial charge is 0.418 e. The van der Waals surface area contributed by atoms with E-state index < -0.39 is 5.82 Å². The number of rotatable bonds is 2. The maximum Gasteiger partial charge on any atom is 0.247 e. The molecule has 0 atom stereocenters. The van der Waals surface area contributed by atoms with E-state index in [1.165, 1.54) is 6.07 Å². The molecule has 0 N–H and O–H groups in total. The second kappa shape index (κ2) is 4.41. The highest BCUT2D eigenvalue weighted by Crippen LogP contribution is 2.15. The first kappa shape index (κ1) is 10.7. The van der Waals surface area contributed by atoms with Crippen LogP contribution in [0.15, 0.2) is 47.0 Å². The fourth-order valence-electron chi connectivity index (χ4n) is 1.62. The molecule has 88 valence electrons. The van der Waals surface area contributed by atoms with Crippen LogP contribution in [0, 0.1) is 5.82 Å². The summed E-state index contributed by atoms with van der Waals surface area (Å²) < 4.78 is 18.3. The molecule has 0 saturated heterocycles. The topological polar surface area (TPSA) is 38.9 Å². The molecule has 3 rings (SSSR count). The molecule has 2 aromatic heterocycles. The summed E-state index contributed by atoms with van der Waals surface area (Å²) in [4.78, 5) is 7.95. The Morgan fingerprint density at radius 1 is 1.11 bits per heavy atom. The average Bonchev–Trinajstić information content (AvgIpc) is 2.79. The molecule has 1 aromatic carbocycles. The summed E-state index contributed by atoms with van der Waals surface area (Å²) in [5.41, 5.74) is 1.80. The number of pyridine rings is 1. The van der Waals surface area contributed by atoms with Gasteiger partial charge in [-0.3, -0.25) is 0 Å². The fourth-order valence-corrected chi connectivity index (χ4v) is 1.62. The normalized spacial score (nSPS) is 11.4. The monoisotopic (exact) mass is 240 g/mol. The molecule has 0 bridgehead atoms. The van der Waals surface area contributed by atoms with Gasteiger partial charge in [0.2, 0.25) is 11.6 Å². The summed E-state index contributed by atoms with van der Waals surface area (Å²) in [5, 5.41) is 0. The number of fused-ring (bicyclic) bond motifs is 1. The number of hydrogen-bond donors (Lipinski definition) is 0. The third-order valence-corrected chi connectivity index (χ3v) is 2.45. The standard InChI is InChI=1S/C14H9FN2O/c15-11-8-12-14(16-9-11)18-13(17-12)7-6-10-4-2-1-3-5-10/h1-9H/b7-6+. The van der Waals surface area contributed by atoms with E-state index in [4.69, 9.17) is 4.42 Å². The van der Waals surface area contributed by atoms with Crippen LogP contribution in [0.25, 0.3) is 23.4 Å². The molecule has 0 spiro atoms. The Balaban J connectivity index is 1.93. The van der Waals surface area contributed by atoms with E-state index >= 15 is 0 Å². The van der Waals surface area contributed by atoms with Crippen molar-refractivity contribution in [2.24, 2.45) is 0 Å². The second-order valence-corrected chi connectivity index (χ2v) is 3.77. The van der Waals surface area contributed by atoms with Crippen LogP contribution in [0.1, 0.15) is 11.5 Å². The van der Waals surface area contributed by atoms with Gasteiger partial charge in [0.25, 0.3) is 0 Å². The van der Waals surface area contributed by atoms with Gasteiger partial charge in [-0.1, -0.05) is 30.3 Å². The van der Waals surface area contributed by atoms with Crippen LogP contribution in [0.5, 0.6) is 0 Å². The van der Waals surface area contributed by atoms with Crippen molar-refractivity contribution in [3.63, 3.8) is 0 Å². The summed E-state index contributed by atoms with van der Waals surface area (Å²) in [7, 11) is 0. The van der Waals surface area contributed by atoms with E-state index in [1.54, 1.807) is 6.08 Å². The molecule has 3 nitrogen and oxygen atoms in total. The Kier molecular flexibility index (Phi) is 2.61. The molecule has 4 heteroatoms. The Morgan fingerprint density at radius 3 is 2.78 bits per heavy atom. The zero-order valence-electron chi connectivity index (χ0n) is 9.38. The SMILES string of the molecule is Fc1cnc2oc(/C=C/c3ccccc3)nc2c1. The molecule has 3 aromatic rings. The van der Waals surface area contributed by atoms with Crippen molar-refractivity contribution in [3.05, 3.63) is 59.9 Å². The van der Waals surface area contributed by atoms with Gasteiger partial charge in [-0.15, -0.1) is 0 Å². The maximum atomic E-state index is 12.9. The summed E-state index contributed by atoms with van der Waals surface area (Å²) in [6, 6.07) is 11.1. The number of nitrogens with zero attached hydrogens (tertiary/aromatic N) is 2. The minimum absolute atomic E-state index is 0.337. The molecule has 0 amide bonds. The van der Waals surface area contributed by atoms with Gasteiger partial charge in [0.05, 0.1) is 6.20 Å². The van der Waals surface area contributed by atoms with Gasteiger partial charge in [-0.25, -0.2) is 14.4 Å². The molecule has 0 unspecified atom stereocenters. The van der Waals surface area contributed by atoms with E-state index in [-0.39, 0.29) is 0 Å². The van der Waals surface area contributed by atoms with Crippen LogP contribution in [0.4, 0.5) is 4.39 Å². The van der Waals surface area contributed by atoms with Crippen molar-refractivity contribution in [2.75, 3.05) is 0 Å². The first-order valence-electron chi connectivity index (χ1n) is 5.46. The lowest BCUT2D eigenvalue weighted by Crippen LogP contribution is -1.77. The third-order valence-electron chi connectivity index (χ3n) is 2.45. The van der Waals surface area contributed by atoms with Gasteiger partial charge in [0, 0.05) is 12.1 Å². The minimum Gasteiger partial charge on any atom is -0.418 e. The van der Waals surface area contributed by atoms with Crippen LogP contribution in [-0.2, 0) is 0 Å². The second-order valence-electron chi connectivity index (χ2n) is 3.77. The van der Waals surface area contributed by atoms with Gasteiger partial charge in [0.1, 0.15) is 11.3 Å². The van der Waals surface area contributed by atoms with Crippen LogP contribution in [0.3, 0.4) is 0 Å². The number of oxazole rings is 1. The first-order chi connectivity index (χ1) is 8.81. The molecule has 0 aliphatic rings. The van der Waals surface area contributed by atoms with Crippen LogP contribution >= 0.6 is 0 Å². The zero-order chi connectivity index (χ0) is 12.4. The molecule has 0 aliphatic carbocycles. The van der Waals surface area contributed by atoms with Gasteiger partial charge in [0.15, 0.2) is 0 Å². The lowest BCUT2D eigenvalue weighted by Gasteiger charge is -1.88. The first-order valence-corrected chi connectivity index (χ1v) is 5.46. The molecule has 0 radical (unpaired) electrons. The molecule has 2 heterocycles. The van der Waals surface area contributed by atoms with E-state index in [9.17, 15) is 4.39 Å². The van der Waals surface area contributed by atoms with Gasteiger partial charge < -0.3 is 4.42 Å². The molecular weight excluding hydrogens is 231 g/mol. The highest BCUT2D eigenvalue weighted by molar-refractivity contribution is 5.73. The summed E-state index contributed by atoms with van der Waals surface area (Å²) in [6.45, 7) is 0. The van der Waals surface area contributed by atoms with E-state index in [2.05, 4.69) is 9.97 Å². The predicted octanol–water partition coefficient (Wildman–Crippen LogP) is 3.53. The fraction of sp³-hybridized carbons (Fsp3) is 0. The number of hydrogen-bond acceptors (Lipinski definition) is 3. The predicted molar refractivity (Wildman–Crippen MR) is 67.1 cm³/mol. The van der Waals surface area contributed by atoms with Gasteiger partial charge >= 0.3 is 0 Å². The van der Waals surface area contributed by atoms with E-state index in [0.29, 0.717) is 17.1 Å². The Morgan fingerprint density at radius 2 is 1.94 bits per heavy atom. The highest BCUT2D eigenvalue weighted by atomic mass is 19.1. The van der Waals surface area contributed by atoms with Crippen molar-refractivity contribution in [1.29, 1.82) is 0 Å². The van der Waals surface area contributed by atoms with Crippen molar-refractivity contribution < 1.29 is 8.81 Å². The highest BCUT2D eigenvalue weighted by Gasteiger charge is 2.05. The van der Waals surface area contributed by atoms with Crippen LogP contribution in [0.2, 0.25) is 0 Å². The van der Waals surface area contributed by atoms with Gasteiger partial charge in [-0.2, -0.15) is 0 Å². The molecule has 18 heavy (non-hydrogen) atoms. The zero-order valence-corrected chi connectivity index (χ0v) is 9.38. The summed E-state index contributed by atoms with van der Waals surface area (Å²) in [5.74, 6) is -0.0126. The molecule has 0 fully saturated rings. The summed E-state index contributed by atoms with van der Waals surface area (Å²) in [6.07, 6.45) is 4.72. The third kappa shape index (κ3) is 2.13. The van der Waals surface area contributed by atoms with Crippen molar-refractivity contribution >= 4 is 23.4 Å². The smallest absolute Gasteiger partial charge is 0.247 e. The molecular formula is C14H9FN2O.